The molecular formula is C24H29N3O3. The predicted octanol–water partition coefficient (Wildman–Crippen LogP) is 3.70. The maximum absolute atomic E-state index is 5.74. The number of aryl methyl sites for hydroxylation is 1. The Kier molecular flexibility index (Phi) is 5.41. The summed E-state index contributed by atoms with van der Waals surface area (Å²) in [6.07, 6.45) is 4.38. The molecule has 6 nitrogen and oxygen atoms in total. The Morgan fingerprint density at radius 3 is 2.63 bits per heavy atom. The largest absolute Gasteiger partial charge is 0.497 e. The molecule has 0 amide bonds. The molecule has 5 rings (SSSR count). The quantitative estimate of drug-likeness (QED) is 0.675. The first-order chi connectivity index (χ1) is 14.8. The second-order valence-electron chi connectivity index (χ2n) is 7.99. The van der Waals surface area contributed by atoms with Crippen LogP contribution in [0.25, 0.3) is 10.9 Å². The van der Waals surface area contributed by atoms with Gasteiger partial charge >= 0.3 is 0 Å². The topological polar surface area (TPSA) is 50.0 Å². The molecule has 2 aliphatic heterocycles. The fraction of sp³-hybridized carbons (Fsp3) is 0.417. The average molecular weight is 408 g/mol. The van der Waals surface area contributed by atoms with E-state index in [0.29, 0.717) is 13.2 Å². The fourth-order valence-electron chi connectivity index (χ4n) is 4.44. The van der Waals surface area contributed by atoms with Crippen molar-refractivity contribution in [3.63, 3.8) is 0 Å². The monoisotopic (exact) mass is 407 g/mol. The molecule has 0 unspecified atom stereocenters. The van der Waals surface area contributed by atoms with Crippen molar-refractivity contribution in [1.29, 1.82) is 0 Å². The first-order valence-corrected chi connectivity index (χ1v) is 10.8. The van der Waals surface area contributed by atoms with Crippen molar-refractivity contribution in [3.05, 3.63) is 48.2 Å². The first-order valence-electron chi connectivity index (χ1n) is 10.8. The number of ether oxygens (including phenoxy) is 3. The molecule has 1 aromatic heterocycles. The summed E-state index contributed by atoms with van der Waals surface area (Å²) in [6, 6.07) is 12.5. The van der Waals surface area contributed by atoms with Crippen LogP contribution in [0.15, 0.2) is 42.6 Å². The van der Waals surface area contributed by atoms with Gasteiger partial charge in [-0.3, -0.25) is 4.90 Å². The molecule has 0 atom stereocenters. The first kappa shape index (κ1) is 19.1. The molecule has 3 heterocycles. The predicted molar refractivity (Wildman–Crippen MR) is 119 cm³/mol. The standard InChI is InChI=1S/C24H29N3O3/c1-28-20-5-6-22-21(16-20)18(17-25-22)3-2-8-26-9-11-27(12-10-26)19-4-7-23-24(15-19)30-14-13-29-23/h4-7,15-17,25H,2-3,8-14H2,1H3. The summed E-state index contributed by atoms with van der Waals surface area (Å²) >= 11 is 0. The molecule has 0 radical (unpaired) electrons. The molecule has 6 heteroatoms. The third-order valence-corrected chi connectivity index (χ3v) is 6.16. The number of benzene rings is 2. The number of anilines is 1. The fourth-order valence-corrected chi connectivity index (χ4v) is 4.44. The lowest BCUT2D eigenvalue weighted by atomic mass is 10.1. The van der Waals surface area contributed by atoms with Crippen LogP contribution in [0.2, 0.25) is 0 Å². The molecule has 0 saturated carbocycles. The Labute approximate surface area is 177 Å². The molecule has 1 fully saturated rings. The SMILES string of the molecule is COc1ccc2[nH]cc(CCCN3CCN(c4ccc5c(c4)OCCO5)CC3)c2c1. The van der Waals surface area contributed by atoms with E-state index >= 15 is 0 Å². The van der Waals surface area contributed by atoms with Gasteiger partial charge in [0.2, 0.25) is 0 Å². The molecule has 1 saturated heterocycles. The molecular weight excluding hydrogens is 378 g/mol. The van der Waals surface area contributed by atoms with E-state index in [0.717, 1.165) is 62.8 Å². The van der Waals surface area contributed by atoms with Gasteiger partial charge in [-0.15, -0.1) is 0 Å². The van der Waals surface area contributed by atoms with E-state index in [1.54, 1.807) is 7.11 Å². The van der Waals surface area contributed by atoms with Gasteiger partial charge in [0.15, 0.2) is 11.5 Å². The highest BCUT2D eigenvalue weighted by atomic mass is 16.6. The van der Waals surface area contributed by atoms with Crippen LogP contribution in [0, 0.1) is 0 Å². The third kappa shape index (κ3) is 3.92. The number of hydrogen-bond acceptors (Lipinski definition) is 5. The van der Waals surface area contributed by atoms with Gasteiger partial charge in [-0.1, -0.05) is 0 Å². The lowest BCUT2D eigenvalue weighted by Crippen LogP contribution is -2.46. The van der Waals surface area contributed by atoms with Gasteiger partial charge in [0, 0.05) is 55.0 Å². The van der Waals surface area contributed by atoms with Crippen LogP contribution >= 0.6 is 0 Å². The van der Waals surface area contributed by atoms with E-state index in [1.165, 1.54) is 22.2 Å². The van der Waals surface area contributed by atoms with Crippen LogP contribution < -0.4 is 19.1 Å². The van der Waals surface area contributed by atoms with E-state index < -0.39 is 0 Å². The highest BCUT2D eigenvalue weighted by Gasteiger charge is 2.19. The molecule has 3 aromatic rings. The van der Waals surface area contributed by atoms with Gasteiger partial charge in [0.25, 0.3) is 0 Å². The molecule has 0 spiro atoms. The highest BCUT2D eigenvalue weighted by molar-refractivity contribution is 5.84. The summed E-state index contributed by atoms with van der Waals surface area (Å²) in [6.45, 7) is 6.68. The second-order valence-corrected chi connectivity index (χ2v) is 7.99. The number of rotatable bonds is 6. The Bertz CT molecular complexity index is 1010. The van der Waals surface area contributed by atoms with Crippen LogP contribution in [0.4, 0.5) is 5.69 Å². The van der Waals surface area contributed by atoms with Gasteiger partial charge in [-0.25, -0.2) is 0 Å². The highest BCUT2D eigenvalue weighted by Crippen LogP contribution is 2.34. The minimum Gasteiger partial charge on any atom is -0.497 e. The number of piperazine rings is 1. The van der Waals surface area contributed by atoms with Crippen LogP contribution in [-0.2, 0) is 6.42 Å². The van der Waals surface area contributed by atoms with Crippen LogP contribution in [0.5, 0.6) is 17.2 Å². The zero-order valence-electron chi connectivity index (χ0n) is 17.5. The normalized spacial score (nSPS) is 16.8. The number of methoxy groups -OCH3 is 1. The number of nitrogens with one attached hydrogen (secondary N) is 1. The Morgan fingerprint density at radius 1 is 0.967 bits per heavy atom. The van der Waals surface area contributed by atoms with Crippen molar-refractivity contribution < 1.29 is 14.2 Å². The summed E-state index contributed by atoms with van der Waals surface area (Å²) in [4.78, 5) is 8.40. The molecule has 1 N–H and O–H groups in total. The van der Waals surface area contributed by atoms with E-state index in [-0.39, 0.29) is 0 Å². The molecule has 2 aromatic carbocycles. The lowest BCUT2D eigenvalue weighted by molar-refractivity contribution is 0.171. The Hall–Kier alpha value is -2.86. The smallest absolute Gasteiger partial charge is 0.163 e. The number of aromatic nitrogens is 1. The van der Waals surface area contributed by atoms with Gasteiger partial charge < -0.3 is 24.1 Å². The molecule has 30 heavy (non-hydrogen) atoms. The van der Waals surface area contributed by atoms with Crippen molar-refractivity contribution in [2.45, 2.75) is 12.8 Å². The molecule has 158 valence electrons. The maximum atomic E-state index is 5.74. The van der Waals surface area contributed by atoms with E-state index in [9.17, 15) is 0 Å². The van der Waals surface area contributed by atoms with Crippen LogP contribution in [0.1, 0.15) is 12.0 Å². The van der Waals surface area contributed by atoms with E-state index in [2.05, 4.69) is 45.2 Å². The molecule has 2 aliphatic rings. The number of H-pyrrole nitrogens is 1. The lowest BCUT2D eigenvalue weighted by Gasteiger charge is -2.36. The average Bonchev–Trinajstić information content (AvgIpc) is 3.21. The summed E-state index contributed by atoms with van der Waals surface area (Å²) < 4.78 is 16.8. The van der Waals surface area contributed by atoms with Crippen LogP contribution in [-0.4, -0.2) is 62.9 Å². The zero-order chi connectivity index (χ0) is 20.3. The molecule has 0 bridgehead atoms. The van der Waals surface area contributed by atoms with Crippen molar-refractivity contribution in [2.75, 3.05) is 57.9 Å². The van der Waals surface area contributed by atoms with Gasteiger partial charge in [-0.2, -0.15) is 0 Å². The Morgan fingerprint density at radius 2 is 1.80 bits per heavy atom. The Balaban J connectivity index is 1.13. The summed E-state index contributed by atoms with van der Waals surface area (Å²) in [5, 5.41) is 1.28. The number of fused-ring (bicyclic) bond motifs is 2. The van der Waals surface area contributed by atoms with Crippen molar-refractivity contribution in [1.82, 2.24) is 9.88 Å². The van der Waals surface area contributed by atoms with E-state index in [1.807, 2.05) is 12.1 Å². The maximum Gasteiger partial charge on any atom is 0.163 e. The van der Waals surface area contributed by atoms with Crippen molar-refractivity contribution in [2.24, 2.45) is 0 Å². The van der Waals surface area contributed by atoms with E-state index in [4.69, 9.17) is 14.2 Å². The van der Waals surface area contributed by atoms with Crippen molar-refractivity contribution >= 4 is 16.6 Å². The number of hydrogen-bond donors (Lipinski definition) is 1. The second kappa shape index (κ2) is 8.48. The summed E-state index contributed by atoms with van der Waals surface area (Å²) in [5.74, 6) is 2.65. The van der Waals surface area contributed by atoms with Crippen LogP contribution in [0.3, 0.4) is 0 Å². The summed E-state index contributed by atoms with van der Waals surface area (Å²) in [7, 11) is 1.72. The third-order valence-electron chi connectivity index (χ3n) is 6.16. The van der Waals surface area contributed by atoms with Gasteiger partial charge in [0.1, 0.15) is 19.0 Å². The molecule has 0 aliphatic carbocycles. The minimum absolute atomic E-state index is 0.632. The number of nitrogens with zero attached hydrogens (tertiary/aromatic N) is 2. The van der Waals surface area contributed by atoms with Gasteiger partial charge in [-0.05, 0) is 55.3 Å². The summed E-state index contributed by atoms with van der Waals surface area (Å²) in [5.41, 5.74) is 3.78. The zero-order valence-corrected chi connectivity index (χ0v) is 17.5. The van der Waals surface area contributed by atoms with Gasteiger partial charge in [0.05, 0.1) is 7.11 Å². The number of aromatic amines is 1. The minimum atomic E-state index is 0.632. The van der Waals surface area contributed by atoms with Crippen molar-refractivity contribution in [3.8, 4) is 17.2 Å².